The molecule has 0 aliphatic rings. The fraction of sp³-hybridized carbons (Fsp3) is 1.00. The minimum Gasteiger partial charge on any atom is -0.313 e. The average molecular weight is 229 g/mol. The molecule has 1 atom stereocenters. The van der Waals surface area contributed by atoms with Crippen LogP contribution in [0.1, 0.15) is 26.2 Å². The van der Waals surface area contributed by atoms with Crippen molar-refractivity contribution < 1.29 is 13.2 Å². The monoisotopic (exact) mass is 229 g/mol. The maximum absolute atomic E-state index is 11.9. The van der Waals surface area contributed by atoms with Crippen molar-refractivity contribution in [2.24, 2.45) is 0 Å². The minimum atomic E-state index is -4.00. The second-order valence-corrected chi connectivity index (χ2v) is 4.13. The molecule has 0 spiro atoms. The smallest absolute Gasteiger partial charge is 0.313 e. The van der Waals surface area contributed by atoms with E-state index < -0.39 is 12.6 Å². The first-order valence-corrected chi connectivity index (χ1v) is 6.18. The quantitative estimate of drug-likeness (QED) is 0.720. The molecule has 0 amide bonds. The summed E-state index contributed by atoms with van der Waals surface area (Å²) < 4.78 is 35.6. The molecule has 0 saturated carbocycles. The summed E-state index contributed by atoms with van der Waals surface area (Å²) in [7, 11) is 0. The van der Waals surface area contributed by atoms with Crippen LogP contribution in [0.3, 0.4) is 0 Å². The van der Waals surface area contributed by atoms with E-state index in [2.05, 4.69) is 5.32 Å². The lowest BCUT2D eigenvalue weighted by Crippen LogP contribution is -2.31. The van der Waals surface area contributed by atoms with Crippen LogP contribution in [-0.4, -0.2) is 30.8 Å². The summed E-state index contributed by atoms with van der Waals surface area (Å²) in [6, 6.07) is 0.220. The molecular formula is C9H18F3NS. The van der Waals surface area contributed by atoms with E-state index in [0.29, 0.717) is 6.42 Å². The van der Waals surface area contributed by atoms with Crippen molar-refractivity contribution in [3.8, 4) is 0 Å². The Kier molecular flexibility index (Phi) is 7.45. The fourth-order valence-electron chi connectivity index (χ4n) is 1.28. The van der Waals surface area contributed by atoms with Gasteiger partial charge in [0.1, 0.15) is 0 Å². The lowest BCUT2D eigenvalue weighted by Gasteiger charge is -2.16. The Labute approximate surface area is 87.8 Å². The van der Waals surface area contributed by atoms with Crippen molar-refractivity contribution in [2.45, 2.75) is 38.4 Å². The average Bonchev–Trinajstić information content (AvgIpc) is 2.02. The molecule has 0 aromatic rings. The zero-order chi connectivity index (χ0) is 11.0. The van der Waals surface area contributed by atoms with Gasteiger partial charge in [-0.2, -0.15) is 24.9 Å². The van der Waals surface area contributed by atoms with Crippen LogP contribution in [0.5, 0.6) is 0 Å². The van der Waals surface area contributed by atoms with Crippen molar-refractivity contribution in [1.29, 1.82) is 0 Å². The van der Waals surface area contributed by atoms with Crippen LogP contribution < -0.4 is 5.32 Å². The topological polar surface area (TPSA) is 12.0 Å². The highest BCUT2D eigenvalue weighted by Gasteiger charge is 2.26. The van der Waals surface area contributed by atoms with E-state index >= 15 is 0 Å². The van der Waals surface area contributed by atoms with E-state index in [0.717, 1.165) is 12.3 Å². The van der Waals surface area contributed by atoms with Gasteiger partial charge in [-0.15, -0.1) is 0 Å². The van der Waals surface area contributed by atoms with Gasteiger partial charge in [-0.1, -0.05) is 6.92 Å². The predicted octanol–water partition coefficient (Wildman–Crippen LogP) is 3.06. The molecule has 86 valence electrons. The molecule has 1 unspecified atom stereocenters. The summed E-state index contributed by atoms with van der Waals surface area (Å²) in [5, 5.41) is 3.18. The molecule has 14 heavy (non-hydrogen) atoms. The summed E-state index contributed by atoms with van der Waals surface area (Å²) in [5.74, 6) is 0.881. The van der Waals surface area contributed by atoms with Crippen LogP contribution in [0.4, 0.5) is 13.2 Å². The molecule has 1 nitrogen and oxygen atoms in total. The zero-order valence-corrected chi connectivity index (χ0v) is 9.47. The largest absolute Gasteiger partial charge is 0.389 e. The zero-order valence-electron chi connectivity index (χ0n) is 8.66. The third-order valence-corrected chi connectivity index (χ3v) is 2.61. The van der Waals surface area contributed by atoms with E-state index in [1.54, 1.807) is 11.8 Å². The van der Waals surface area contributed by atoms with Crippen LogP contribution >= 0.6 is 11.8 Å². The van der Waals surface area contributed by atoms with E-state index in [4.69, 9.17) is 0 Å². The lowest BCUT2D eigenvalue weighted by atomic mass is 10.1. The van der Waals surface area contributed by atoms with E-state index in [1.807, 2.05) is 13.2 Å². The van der Waals surface area contributed by atoms with Gasteiger partial charge in [0.25, 0.3) is 0 Å². The Morgan fingerprint density at radius 3 is 2.43 bits per heavy atom. The third-order valence-electron chi connectivity index (χ3n) is 1.87. The molecule has 5 heteroatoms. The molecule has 0 heterocycles. The molecule has 0 fully saturated rings. The van der Waals surface area contributed by atoms with Gasteiger partial charge in [-0.3, -0.25) is 0 Å². The number of nitrogens with one attached hydrogen (secondary N) is 1. The second-order valence-electron chi connectivity index (χ2n) is 3.22. The first-order valence-electron chi connectivity index (χ1n) is 4.78. The van der Waals surface area contributed by atoms with Crippen LogP contribution in [0.2, 0.25) is 0 Å². The van der Waals surface area contributed by atoms with Crippen molar-refractivity contribution in [3.63, 3.8) is 0 Å². The first kappa shape index (κ1) is 14.1. The van der Waals surface area contributed by atoms with Gasteiger partial charge in [0.2, 0.25) is 0 Å². The molecule has 0 aromatic heterocycles. The summed E-state index contributed by atoms with van der Waals surface area (Å²) in [5.41, 5.74) is 0. The lowest BCUT2D eigenvalue weighted by molar-refractivity contribution is -0.135. The Hall–Kier alpha value is 0.100. The van der Waals surface area contributed by atoms with E-state index in [9.17, 15) is 13.2 Å². The Morgan fingerprint density at radius 2 is 2.00 bits per heavy atom. The SMILES string of the molecule is CCNC(CCCC(F)(F)F)CSC. The molecule has 0 aromatic carbocycles. The number of rotatable bonds is 7. The second kappa shape index (κ2) is 7.40. The van der Waals surface area contributed by atoms with Crippen molar-refractivity contribution >= 4 is 11.8 Å². The van der Waals surface area contributed by atoms with E-state index in [-0.39, 0.29) is 12.5 Å². The number of thioether (sulfide) groups is 1. The van der Waals surface area contributed by atoms with Gasteiger partial charge in [0.05, 0.1) is 0 Å². The normalized spacial score (nSPS) is 14.4. The molecule has 0 aliphatic carbocycles. The molecule has 1 N–H and O–H groups in total. The number of alkyl halides is 3. The Morgan fingerprint density at radius 1 is 1.36 bits per heavy atom. The molecule has 0 aliphatic heterocycles. The van der Waals surface area contributed by atoms with Crippen LogP contribution in [-0.2, 0) is 0 Å². The van der Waals surface area contributed by atoms with Gasteiger partial charge < -0.3 is 5.32 Å². The van der Waals surface area contributed by atoms with Crippen LogP contribution in [0.25, 0.3) is 0 Å². The molecule has 0 bridgehead atoms. The highest BCUT2D eigenvalue weighted by molar-refractivity contribution is 7.98. The van der Waals surface area contributed by atoms with Gasteiger partial charge >= 0.3 is 6.18 Å². The maximum Gasteiger partial charge on any atom is 0.389 e. The van der Waals surface area contributed by atoms with Gasteiger partial charge in [0.15, 0.2) is 0 Å². The number of halogens is 3. The predicted molar refractivity (Wildman–Crippen MR) is 55.8 cm³/mol. The minimum absolute atomic E-state index is 0.220. The summed E-state index contributed by atoms with van der Waals surface area (Å²) in [6.45, 7) is 2.79. The van der Waals surface area contributed by atoms with Gasteiger partial charge in [-0.05, 0) is 25.6 Å². The highest BCUT2D eigenvalue weighted by atomic mass is 32.2. The Bertz CT molecular complexity index is 133. The van der Waals surface area contributed by atoms with Crippen LogP contribution in [0.15, 0.2) is 0 Å². The molecule has 0 saturated heterocycles. The molecule has 0 rings (SSSR count). The van der Waals surface area contributed by atoms with E-state index in [1.165, 1.54) is 0 Å². The Balaban J connectivity index is 3.60. The van der Waals surface area contributed by atoms with Crippen LogP contribution in [0, 0.1) is 0 Å². The third kappa shape index (κ3) is 8.69. The number of hydrogen-bond donors (Lipinski definition) is 1. The maximum atomic E-state index is 11.9. The van der Waals surface area contributed by atoms with Gasteiger partial charge in [-0.25, -0.2) is 0 Å². The van der Waals surface area contributed by atoms with Crippen molar-refractivity contribution in [3.05, 3.63) is 0 Å². The van der Waals surface area contributed by atoms with Crippen molar-refractivity contribution in [2.75, 3.05) is 18.6 Å². The number of hydrogen-bond acceptors (Lipinski definition) is 2. The standard InChI is InChI=1S/C9H18F3NS/c1-3-13-8(7-14-2)5-4-6-9(10,11)12/h8,13H,3-7H2,1-2H3. The first-order chi connectivity index (χ1) is 6.49. The molecule has 0 radical (unpaired) electrons. The summed E-state index contributed by atoms with van der Waals surface area (Å²) in [6.07, 6.45) is -1.87. The molecular weight excluding hydrogens is 211 g/mol. The highest BCUT2D eigenvalue weighted by Crippen LogP contribution is 2.22. The van der Waals surface area contributed by atoms with Crippen molar-refractivity contribution in [1.82, 2.24) is 5.32 Å². The van der Waals surface area contributed by atoms with Gasteiger partial charge in [0, 0.05) is 18.2 Å². The summed E-state index contributed by atoms with van der Waals surface area (Å²) >= 11 is 1.66. The fourth-order valence-corrected chi connectivity index (χ4v) is 1.97. The summed E-state index contributed by atoms with van der Waals surface area (Å²) in [4.78, 5) is 0.